The fourth-order valence-corrected chi connectivity index (χ4v) is 2.45. The highest BCUT2D eigenvalue weighted by atomic mass is 16.5. The van der Waals surface area contributed by atoms with Crippen molar-refractivity contribution in [3.05, 3.63) is 17.5 Å². The summed E-state index contributed by atoms with van der Waals surface area (Å²) in [5.41, 5.74) is 0.207. The third kappa shape index (κ3) is 2.85. The standard InChI is InChI=1S/C12H18N2O3/c1-2-14-5-3-4-9(8-14)6-11-10(12(15)16)7-13-17-11/h7,9H,2-6,8H2,1H3,(H,15,16). The number of carbonyl (C=O) groups is 1. The molecule has 1 aliphatic rings. The lowest BCUT2D eigenvalue weighted by atomic mass is 9.93. The summed E-state index contributed by atoms with van der Waals surface area (Å²) in [6.45, 7) is 5.38. The van der Waals surface area contributed by atoms with Gasteiger partial charge in [0, 0.05) is 13.0 Å². The second kappa shape index (κ2) is 5.31. The van der Waals surface area contributed by atoms with E-state index in [4.69, 9.17) is 9.63 Å². The van der Waals surface area contributed by atoms with Crippen molar-refractivity contribution in [2.45, 2.75) is 26.2 Å². The van der Waals surface area contributed by atoms with Gasteiger partial charge in [0.05, 0.1) is 6.20 Å². The fraction of sp³-hybridized carbons (Fsp3) is 0.667. The van der Waals surface area contributed by atoms with E-state index in [9.17, 15) is 4.79 Å². The van der Waals surface area contributed by atoms with Gasteiger partial charge < -0.3 is 14.5 Å². The van der Waals surface area contributed by atoms with Gasteiger partial charge in [-0.2, -0.15) is 0 Å². The van der Waals surface area contributed by atoms with E-state index in [1.165, 1.54) is 12.6 Å². The first-order chi connectivity index (χ1) is 8.20. The second-order valence-corrected chi connectivity index (χ2v) is 4.57. The zero-order valence-electron chi connectivity index (χ0n) is 10.1. The minimum absolute atomic E-state index is 0.207. The molecule has 0 aliphatic carbocycles. The van der Waals surface area contributed by atoms with Crippen LogP contribution in [0.2, 0.25) is 0 Å². The van der Waals surface area contributed by atoms with E-state index in [1.807, 2.05) is 0 Å². The summed E-state index contributed by atoms with van der Waals surface area (Å²) in [4.78, 5) is 13.3. The van der Waals surface area contributed by atoms with Crippen LogP contribution in [0.1, 0.15) is 35.9 Å². The summed E-state index contributed by atoms with van der Waals surface area (Å²) in [5.74, 6) is 0.0413. The molecule has 0 radical (unpaired) electrons. The maximum atomic E-state index is 10.9. The lowest BCUT2D eigenvalue weighted by Crippen LogP contribution is -2.36. The molecule has 17 heavy (non-hydrogen) atoms. The van der Waals surface area contributed by atoms with E-state index in [-0.39, 0.29) is 5.56 Å². The Balaban J connectivity index is 2.00. The van der Waals surface area contributed by atoms with Gasteiger partial charge in [0.15, 0.2) is 5.76 Å². The van der Waals surface area contributed by atoms with E-state index in [0.29, 0.717) is 18.1 Å². The molecule has 1 unspecified atom stereocenters. The smallest absolute Gasteiger partial charge is 0.340 e. The van der Waals surface area contributed by atoms with Gasteiger partial charge in [0.25, 0.3) is 0 Å². The molecule has 1 saturated heterocycles. The van der Waals surface area contributed by atoms with Gasteiger partial charge in [-0.1, -0.05) is 12.1 Å². The van der Waals surface area contributed by atoms with Gasteiger partial charge in [-0.25, -0.2) is 4.79 Å². The van der Waals surface area contributed by atoms with E-state index in [0.717, 1.165) is 26.1 Å². The van der Waals surface area contributed by atoms with Crippen molar-refractivity contribution >= 4 is 5.97 Å². The van der Waals surface area contributed by atoms with Gasteiger partial charge >= 0.3 is 5.97 Å². The molecule has 0 spiro atoms. The van der Waals surface area contributed by atoms with Gasteiger partial charge in [-0.05, 0) is 31.8 Å². The highest BCUT2D eigenvalue weighted by molar-refractivity contribution is 5.88. The van der Waals surface area contributed by atoms with Gasteiger partial charge in [-0.15, -0.1) is 0 Å². The Hall–Kier alpha value is -1.36. The topological polar surface area (TPSA) is 66.6 Å². The van der Waals surface area contributed by atoms with Crippen LogP contribution in [0.15, 0.2) is 10.7 Å². The SMILES string of the molecule is CCN1CCCC(Cc2oncc2C(=O)O)C1. The fourth-order valence-electron chi connectivity index (χ4n) is 2.45. The second-order valence-electron chi connectivity index (χ2n) is 4.57. The molecule has 2 rings (SSSR count). The van der Waals surface area contributed by atoms with Crippen molar-refractivity contribution in [3.63, 3.8) is 0 Å². The number of piperidine rings is 1. The molecule has 2 heterocycles. The number of carboxylic acids is 1. The predicted octanol–water partition coefficient (Wildman–Crippen LogP) is 1.65. The van der Waals surface area contributed by atoms with Crippen LogP contribution in [-0.2, 0) is 6.42 Å². The number of rotatable bonds is 4. The van der Waals surface area contributed by atoms with Crippen LogP contribution >= 0.6 is 0 Å². The van der Waals surface area contributed by atoms with Gasteiger partial charge in [-0.3, -0.25) is 0 Å². The highest BCUT2D eigenvalue weighted by Gasteiger charge is 2.23. The van der Waals surface area contributed by atoms with Crippen molar-refractivity contribution in [3.8, 4) is 0 Å². The Morgan fingerprint density at radius 2 is 2.53 bits per heavy atom. The quantitative estimate of drug-likeness (QED) is 0.863. The Kier molecular flexibility index (Phi) is 3.78. The molecule has 0 amide bonds. The third-order valence-electron chi connectivity index (χ3n) is 3.40. The minimum Gasteiger partial charge on any atom is -0.478 e. The van der Waals surface area contributed by atoms with Crippen LogP contribution in [0, 0.1) is 5.92 Å². The molecule has 5 heteroatoms. The van der Waals surface area contributed by atoms with E-state index in [1.54, 1.807) is 0 Å². The molecule has 1 fully saturated rings. The third-order valence-corrected chi connectivity index (χ3v) is 3.40. The average Bonchev–Trinajstić information content (AvgIpc) is 2.77. The Morgan fingerprint density at radius 1 is 1.71 bits per heavy atom. The maximum Gasteiger partial charge on any atom is 0.340 e. The molecule has 1 aromatic rings. The zero-order chi connectivity index (χ0) is 12.3. The number of likely N-dealkylation sites (tertiary alicyclic amines) is 1. The number of nitrogens with zero attached hydrogens (tertiary/aromatic N) is 2. The molecular formula is C12H18N2O3. The summed E-state index contributed by atoms with van der Waals surface area (Å²) >= 11 is 0. The molecule has 5 nitrogen and oxygen atoms in total. The van der Waals surface area contributed by atoms with Crippen molar-refractivity contribution < 1.29 is 14.4 Å². The molecule has 1 aromatic heterocycles. The van der Waals surface area contributed by atoms with Crippen LogP contribution < -0.4 is 0 Å². The largest absolute Gasteiger partial charge is 0.478 e. The first kappa shape index (κ1) is 12.1. The molecular weight excluding hydrogens is 220 g/mol. The summed E-state index contributed by atoms with van der Waals surface area (Å²) in [6, 6.07) is 0. The molecule has 0 aromatic carbocycles. The number of carboxylic acid groups (broad SMARTS) is 1. The lowest BCUT2D eigenvalue weighted by Gasteiger charge is -2.31. The maximum absolute atomic E-state index is 10.9. The van der Waals surface area contributed by atoms with Gasteiger partial charge in [0.1, 0.15) is 5.56 Å². The van der Waals surface area contributed by atoms with E-state index >= 15 is 0 Å². The predicted molar refractivity (Wildman–Crippen MR) is 62.0 cm³/mol. The zero-order valence-corrected chi connectivity index (χ0v) is 10.1. The molecule has 1 aliphatic heterocycles. The molecule has 1 atom stereocenters. The number of aromatic carboxylic acids is 1. The van der Waals surface area contributed by atoms with Crippen LogP contribution in [0.3, 0.4) is 0 Å². The number of hydrogen-bond acceptors (Lipinski definition) is 4. The summed E-state index contributed by atoms with van der Waals surface area (Å²) in [7, 11) is 0. The van der Waals surface area contributed by atoms with E-state index in [2.05, 4.69) is 17.0 Å². The lowest BCUT2D eigenvalue weighted by molar-refractivity contribution is 0.0693. The Bertz CT molecular complexity index is 389. The van der Waals surface area contributed by atoms with Crippen LogP contribution in [0.5, 0.6) is 0 Å². The Labute approximate surface area is 100 Å². The molecule has 0 bridgehead atoms. The summed E-state index contributed by atoms with van der Waals surface area (Å²) < 4.78 is 5.05. The molecule has 0 saturated carbocycles. The molecule has 94 valence electrons. The minimum atomic E-state index is -0.954. The van der Waals surface area contributed by atoms with Gasteiger partial charge in [0.2, 0.25) is 0 Å². The average molecular weight is 238 g/mol. The highest BCUT2D eigenvalue weighted by Crippen LogP contribution is 2.22. The van der Waals surface area contributed by atoms with Crippen LogP contribution in [0.4, 0.5) is 0 Å². The van der Waals surface area contributed by atoms with E-state index < -0.39 is 5.97 Å². The van der Waals surface area contributed by atoms with Crippen molar-refractivity contribution in [2.75, 3.05) is 19.6 Å². The normalized spacial score (nSPS) is 21.6. The van der Waals surface area contributed by atoms with Crippen LogP contribution in [-0.4, -0.2) is 40.8 Å². The number of aromatic nitrogens is 1. The van der Waals surface area contributed by atoms with Crippen molar-refractivity contribution in [1.82, 2.24) is 10.1 Å². The summed E-state index contributed by atoms with van der Waals surface area (Å²) in [5, 5.41) is 12.6. The monoisotopic (exact) mass is 238 g/mol. The van der Waals surface area contributed by atoms with Crippen molar-refractivity contribution in [1.29, 1.82) is 0 Å². The van der Waals surface area contributed by atoms with Crippen LogP contribution in [0.25, 0.3) is 0 Å². The summed E-state index contributed by atoms with van der Waals surface area (Å²) in [6.07, 6.45) is 4.28. The first-order valence-corrected chi connectivity index (χ1v) is 6.10. The number of hydrogen-bond donors (Lipinski definition) is 1. The molecule has 1 N–H and O–H groups in total. The van der Waals surface area contributed by atoms with Crippen molar-refractivity contribution in [2.24, 2.45) is 5.92 Å². The Morgan fingerprint density at radius 3 is 3.24 bits per heavy atom. The first-order valence-electron chi connectivity index (χ1n) is 6.10.